The van der Waals surface area contributed by atoms with E-state index in [1.807, 2.05) is 143 Å². The third-order valence-corrected chi connectivity index (χ3v) is 22.9. The minimum atomic E-state index is -0.962. The van der Waals surface area contributed by atoms with Crippen molar-refractivity contribution in [1.82, 2.24) is 80.7 Å². The van der Waals surface area contributed by atoms with Crippen molar-refractivity contribution in [2.45, 2.75) is 308 Å². The van der Waals surface area contributed by atoms with E-state index in [0.717, 1.165) is 161 Å². The molecule has 32 heteroatoms. The van der Waals surface area contributed by atoms with Crippen molar-refractivity contribution in [3.8, 4) is 45.6 Å². The average molecular weight is 1780 g/mol. The Morgan fingerprint density at radius 3 is 0.836 bits per heavy atom. The second-order valence-corrected chi connectivity index (χ2v) is 39.5. The van der Waals surface area contributed by atoms with Crippen molar-refractivity contribution in [2.75, 3.05) is 6.54 Å². The number of imidazole rings is 4. The number of carbonyl (C=O) groups excluding carboxylic acids is 8. The number of carbonyl (C=O) groups is 8. The van der Waals surface area contributed by atoms with Crippen LogP contribution < -0.4 is 42.5 Å². The number of benzene rings is 4. The molecule has 1 fully saturated rings. The molecular formula is C96H126F8N16O8. The van der Waals surface area contributed by atoms with Crippen molar-refractivity contribution in [2.24, 2.45) is 21.7 Å². The zero-order valence-corrected chi connectivity index (χ0v) is 77.0. The molecule has 8 heterocycles. The third kappa shape index (κ3) is 25.1. The number of likely N-dealkylation sites (N-methyl/N-ethyl adjacent to an activating group) is 1. The summed E-state index contributed by atoms with van der Waals surface area (Å²) in [6, 6.07) is 11.7. The van der Waals surface area contributed by atoms with Crippen LogP contribution in [0.1, 0.15) is 279 Å². The van der Waals surface area contributed by atoms with Crippen LogP contribution in [-0.4, -0.2) is 134 Å². The number of amides is 8. The largest absolute Gasteiger partial charge is 0.355 e. The number of hydrogen-bond donors (Lipinski definition) is 8. The van der Waals surface area contributed by atoms with Crippen LogP contribution in [0.2, 0.25) is 0 Å². The lowest BCUT2D eigenvalue weighted by Crippen LogP contribution is -2.57. The fraction of sp³-hybridized carbons (Fsp3) is 0.542. The van der Waals surface area contributed by atoms with Crippen LogP contribution in [0, 0.1) is 68.2 Å². The van der Waals surface area contributed by atoms with Crippen LogP contribution in [0.5, 0.6) is 0 Å². The number of hydrogen-bond acceptors (Lipinski definition) is 12. The fourth-order valence-electron chi connectivity index (χ4n) is 16.1. The van der Waals surface area contributed by atoms with Gasteiger partial charge in [-0.15, -0.1) is 0 Å². The molecule has 8 aromatic rings. The molecule has 4 aliphatic heterocycles. The van der Waals surface area contributed by atoms with E-state index in [0.29, 0.717) is 104 Å². The van der Waals surface area contributed by atoms with Gasteiger partial charge in [-0.25, -0.2) is 55.1 Å². The number of nitrogens with zero attached hydrogens (tertiary/aromatic N) is 8. The molecule has 128 heavy (non-hydrogen) atoms. The van der Waals surface area contributed by atoms with E-state index < -0.39 is 122 Å². The van der Waals surface area contributed by atoms with Gasteiger partial charge in [-0.3, -0.25) is 38.4 Å². The molecule has 8 N–H and O–H groups in total. The molecule has 4 aromatic heterocycles. The summed E-state index contributed by atoms with van der Waals surface area (Å²) in [7, 11) is 0. The normalized spacial score (nSPS) is 15.7. The van der Waals surface area contributed by atoms with Gasteiger partial charge in [0, 0.05) is 72.6 Å². The molecule has 694 valence electrons. The molecule has 0 spiro atoms. The van der Waals surface area contributed by atoms with Crippen molar-refractivity contribution in [1.29, 1.82) is 0 Å². The second-order valence-electron chi connectivity index (χ2n) is 39.5. The average Bonchev–Trinajstić information content (AvgIpc) is 1.63. The maximum Gasteiger partial charge on any atom is 0.272 e. The number of halogens is 8. The van der Waals surface area contributed by atoms with Crippen molar-refractivity contribution >= 4 is 47.3 Å². The summed E-state index contributed by atoms with van der Waals surface area (Å²) in [6.45, 7) is 36.9. The summed E-state index contributed by atoms with van der Waals surface area (Å²) < 4.78 is 117. The van der Waals surface area contributed by atoms with Crippen molar-refractivity contribution < 1.29 is 73.5 Å². The topological polar surface area (TPSA) is 304 Å². The first-order chi connectivity index (χ1) is 60.0. The zero-order valence-electron chi connectivity index (χ0n) is 77.0. The van der Waals surface area contributed by atoms with E-state index in [-0.39, 0.29) is 58.5 Å². The molecule has 13 rings (SSSR count). The lowest BCUT2D eigenvalue weighted by atomic mass is 9.85. The quantitative estimate of drug-likeness (QED) is 0.0351. The maximum atomic E-state index is 13.9. The molecule has 8 amide bonds. The van der Waals surface area contributed by atoms with E-state index in [9.17, 15) is 73.5 Å². The maximum absolute atomic E-state index is 13.9. The van der Waals surface area contributed by atoms with E-state index in [1.165, 1.54) is 24.3 Å². The summed E-state index contributed by atoms with van der Waals surface area (Å²) in [4.78, 5) is 123. The molecule has 0 saturated heterocycles. The Kier molecular flexibility index (Phi) is 32.2. The summed E-state index contributed by atoms with van der Waals surface area (Å²) >= 11 is 0. The molecular weight excluding hydrogens is 1660 g/mol. The fourth-order valence-corrected chi connectivity index (χ4v) is 16.1. The Morgan fingerprint density at radius 1 is 0.344 bits per heavy atom. The van der Waals surface area contributed by atoms with Crippen LogP contribution in [0.25, 0.3) is 45.6 Å². The second kappa shape index (κ2) is 41.6. The Hall–Kier alpha value is -11.1. The Balaban J connectivity index is 0.000000178. The molecule has 4 atom stereocenters. The lowest BCUT2D eigenvalue weighted by molar-refractivity contribution is -0.127. The Labute approximate surface area is 744 Å². The first-order valence-corrected chi connectivity index (χ1v) is 44.7. The monoisotopic (exact) mass is 1780 g/mol. The Morgan fingerprint density at radius 2 is 0.602 bits per heavy atom. The highest BCUT2D eigenvalue weighted by atomic mass is 19.2. The van der Waals surface area contributed by atoms with Gasteiger partial charge in [0.15, 0.2) is 46.5 Å². The van der Waals surface area contributed by atoms with Gasteiger partial charge in [-0.1, -0.05) is 109 Å². The predicted octanol–water partition coefficient (Wildman–Crippen LogP) is 16.7. The number of rotatable bonds is 19. The van der Waals surface area contributed by atoms with E-state index in [2.05, 4.69) is 62.5 Å². The number of nitrogens with one attached hydrogen (secondary N) is 8. The number of fused-ring (bicyclic) bond motifs is 4. The van der Waals surface area contributed by atoms with E-state index in [1.54, 1.807) is 0 Å². The summed E-state index contributed by atoms with van der Waals surface area (Å²) in [5.74, 6) is -8.53. The van der Waals surface area contributed by atoms with E-state index in [4.69, 9.17) is 0 Å². The first-order valence-electron chi connectivity index (χ1n) is 44.7. The summed E-state index contributed by atoms with van der Waals surface area (Å²) in [5.41, 5.74) is 3.16. The Bertz CT molecular complexity index is 5220. The van der Waals surface area contributed by atoms with Gasteiger partial charge < -0.3 is 60.8 Å². The standard InChI is InChI=1S/C25H34F2N4O2.C24H30F2N4O2.C24H32F2N4O2.C23H30F2N4O2/c1-24(2,3)20(23(33)30-25(4,5)6)29-22(32)19-18-10-8-7-9-13-31(18)21(28-19)15-11-12-16(26)17(27)14-15;1-24(2,3)20(23(32)27-15-9-10-15)29-22(31)19-18-7-5-4-6-12-30(18)21(28-19)14-8-11-16(25)17(26)13-14;1-14(2)27-23(32)20(24(3,4)5)29-22(31)19-18-9-7-6-8-12-30(18)21(28-19)15-10-11-16(25)17(26)13-15;1-5-26-22(31)19(23(2,3)4)28-21(30)18-17-9-7-6-8-12-29(17)20(27-18)14-10-11-15(24)16(25)13-14/h11-12,14,20H,7-10,13H2,1-6H3,(H,29,32)(H,30,33);8,11,13,15,20H,4-7,9-10,12H2,1-3H3,(H,27,32)(H,29,31);10-11,13-14,20H,6-9,12H2,1-5H3,(H,27,32)(H,29,31);10-11,13,19H,5-9,12H2,1-4H3,(H,26,31)(H,28,30)/t3*20-;19-/m1111/s1. The highest BCUT2D eigenvalue weighted by molar-refractivity contribution is 6.01. The highest BCUT2D eigenvalue weighted by Crippen LogP contribution is 2.36. The smallest absolute Gasteiger partial charge is 0.272 e. The van der Waals surface area contributed by atoms with Gasteiger partial charge in [0.25, 0.3) is 23.6 Å². The van der Waals surface area contributed by atoms with Gasteiger partial charge >= 0.3 is 0 Å². The van der Waals surface area contributed by atoms with Gasteiger partial charge in [0.05, 0.1) is 22.8 Å². The summed E-state index contributed by atoms with van der Waals surface area (Å²) in [6.07, 6.45) is 15.8. The van der Waals surface area contributed by atoms with Crippen LogP contribution in [0.3, 0.4) is 0 Å². The van der Waals surface area contributed by atoms with Gasteiger partial charge in [0.1, 0.15) is 70.2 Å². The SMILES string of the molecule is CC(C)(C)NC(=O)[C@@H](NC(=O)c1nc(-c2ccc(F)c(F)c2)n2c1CCCCC2)C(C)(C)C.CC(C)(C)[C@H](NC(=O)c1nc(-c2ccc(F)c(F)c2)n2c1CCCCC2)C(=O)NC1CC1.CC(C)NC(=O)[C@@H](NC(=O)c1nc(-c2ccc(F)c(F)c2)n2c1CCCCC2)C(C)(C)C.CCNC(=O)[C@@H](NC(=O)c1nc(-c2ccc(F)c(F)c2)n2c1CCCCC2)C(C)(C)C. The van der Waals surface area contributed by atoms with Crippen LogP contribution in [-0.2, 0) is 71.0 Å². The molecule has 1 aliphatic carbocycles. The van der Waals surface area contributed by atoms with Crippen LogP contribution in [0.15, 0.2) is 72.8 Å². The third-order valence-electron chi connectivity index (χ3n) is 22.9. The molecule has 1 saturated carbocycles. The van der Waals surface area contributed by atoms with Gasteiger partial charge in [0.2, 0.25) is 23.6 Å². The van der Waals surface area contributed by atoms with Crippen molar-refractivity contribution in [3.63, 3.8) is 0 Å². The van der Waals surface area contributed by atoms with Crippen molar-refractivity contribution in [3.05, 3.63) is 165 Å². The molecule has 24 nitrogen and oxygen atoms in total. The number of aromatic nitrogens is 8. The molecule has 0 unspecified atom stereocenters. The minimum Gasteiger partial charge on any atom is -0.355 e. The van der Waals surface area contributed by atoms with Gasteiger partial charge in [-0.2, -0.15) is 0 Å². The minimum absolute atomic E-state index is 0.0619. The molecule has 0 bridgehead atoms. The summed E-state index contributed by atoms with van der Waals surface area (Å²) in [5, 5.41) is 23.1. The molecule has 0 radical (unpaired) electrons. The van der Waals surface area contributed by atoms with Crippen LogP contribution in [0.4, 0.5) is 35.1 Å². The van der Waals surface area contributed by atoms with E-state index >= 15 is 0 Å². The zero-order chi connectivity index (χ0) is 94.0. The van der Waals surface area contributed by atoms with Crippen LogP contribution >= 0.6 is 0 Å². The first kappa shape index (κ1) is 99.1. The van der Waals surface area contributed by atoms with Gasteiger partial charge in [-0.05, 0) is 226 Å². The highest BCUT2D eigenvalue weighted by Gasteiger charge is 2.42. The molecule has 4 aromatic carbocycles. The predicted molar refractivity (Wildman–Crippen MR) is 474 cm³/mol. The molecule has 5 aliphatic rings. The lowest BCUT2D eigenvalue weighted by Gasteiger charge is -2.33.